The third kappa shape index (κ3) is 8.08. The van der Waals surface area contributed by atoms with E-state index in [1.807, 2.05) is 19.1 Å². The van der Waals surface area contributed by atoms with E-state index in [1.165, 1.54) is 14.2 Å². The summed E-state index contributed by atoms with van der Waals surface area (Å²) in [6.07, 6.45) is 1.69. The van der Waals surface area contributed by atoms with Gasteiger partial charge in [-0.2, -0.15) is 12.6 Å². The van der Waals surface area contributed by atoms with Gasteiger partial charge in [0.2, 0.25) is 0 Å². The normalized spacial score (nSPS) is 8.75. The molecule has 2 aromatic rings. The standard InChI is InChI=1S/C9H10O2.C8H8O2S.CH4S/c1-7-3-5-8(6-4-7)9(10)11-2;1-10-8(9)6-2-4-7(11)5-3-6;1-2/h3-6H,1-2H3;2-5,11H,1H3;2H,1H3/p+1. The molecule has 2 rings (SSSR count). The predicted molar refractivity (Wildman–Crippen MR) is 104 cm³/mol. The second-order valence-electron chi connectivity index (χ2n) is 4.43. The Morgan fingerprint density at radius 2 is 1.12 bits per heavy atom. The third-order valence-electron chi connectivity index (χ3n) is 2.78. The summed E-state index contributed by atoms with van der Waals surface area (Å²) in [5.74, 6) is -0.596. The highest BCUT2D eigenvalue weighted by Crippen LogP contribution is 2.04. The molecule has 0 fully saturated rings. The average Bonchev–Trinajstić information content (AvgIpc) is 2.64. The smallest absolute Gasteiger partial charge is 0.337 e. The van der Waals surface area contributed by atoms with Crippen LogP contribution in [0.5, 0.6) is 0 Å². The second kappa shape index (κ2) is 12.5. The van der Waals surface area contributed by atoms with Gasteiger partial charge in [0.05, 0.1) is 25.3 Å². The lowest BCUT2D eigenvalue weighted by Crippen LogP contribution is -2.00. The van der Waals surface area contributed by atoms with Crippen LogP contribution in [0.4, 0.5) is 0 Å². The molecule has 0 bridgehead atoms. The summed E-state index contributed by atoms with van der Waals surface area (Å²) < 4.78 is 9.06. The van der Waals surface area contributed by atoms with Crippen LogP contribution in [0.1, 0.15) is 26.3 Å². The summed E-state index contributed by atoms with van der Waals surface area (Å²) in [5.41, 5.74) is 2.30. The molecule has 0 radical (unpaired) electrons. The number of carbonyl (C=O) groups excluding carboxylic acids is 2. The molecule has 0 aliphatic rings. The van der Waals surface area contributed by atoms with Crippen LogP contribution < -0.4 is 0 Å². The van der Waals surface area contributed by atoms with E-state index in [-0.39, 0.29) is 11.9 Å². The van der Waals surface area contributed by atoms with Crippen molar-refractivity contribution < 1.29 is 19.1 Å². The lowest BCUT2D eigenvalue weighted by Gasteiger charge is -1.97. The van der Waals surface area contributed by atoms with E-state index in [0.717, 1.165) is 10.5 Å². The number of hydrogen-bond acceptors (Lipinski definition) is 5. The zero-order valence-corrected chi connectivity index (χ0v) is 16.1. The number of thiol groups is 1. The number of methoxy groups -OCH3 is 2. The predicted octanol–water partition coefficient (Wildman–Crippen LogP) is 3.17. The van der Waals surface area contributed by atoms with Crippen molar-refractivity contribution >= 4 is 37.2 Å². The SMILES string of the molecule is COC(=O)c1ccc(C)cc1.COC(=O)c1ccc([SH2+])cc1.CS. The summed E-state index contributed by atoms with van der Waals surface area (Å²) >= 11 is 6.84. The van der Waals surface area contributed by atoms with Crippen molar-refractivity contribution in [1.29, 1.82) is 0 Å². The van der Waals surface area contributed by atoms with Gasteiger partial charge < -0.3 is 9.47 Å². The van der Waals surface area contributed by atoms with Crippen molar-refractivity contribution in [3.63, 3.8) is 0 Å². The molecule has 0 aliphatic carbocycles. The van der Waals surface area contributed by atoms with Crippen molar-refractivity contribution in [2.45, 2.75) is 11.8 Å². The van der Waals surface area contributed by atoms with Crippen LogP contribution in [0.3, 0.4) is 0 Å². The summed E-state index contributed by atoms with van der Waals surface area (Å²) in [4.78, 5) is 22.7. The molecule has 0 spiro atoms. The maximum absolute atomic E-state index is 10.9. The topological polar surface area (TPSA) is 52.6 Å². The van der Waals surface area contributed by atoms with E-state index >= 15 is 0 Å². The molecule has 0 saturated carbocycles. The lowest BCUT2D eigenvalue weighted by molar-refractivity contribution is 0.0592. The van der Waals surface area contributed by atoms with Crippen molar-refractivity contribution in [2.75, 3.05) is 20.5 Å². The van der Waals surface area contributed by atoms with Gasteiger partial charge >= 0.3 is 11.9 Å². The maximum atomic E-state index is 10.9. The second-order valence-corrected chi connectivity index (χ2v) is 5.00. The van der Waals surface area contributed by atoms with Gasteiger partial charge in [-0.15, -0.1) is 0 Å². The molecule has 0 aromatic heterocycles. The highest BCUT2D eigenvalue weighted by atomic mass is 32.1. The fraction of sp³-hybridized carbons (Fsp3) is 0.222. The number of esters is 2. The Morgan fingerprint density at radius 1 is 0.792 bits per heavy atom. The van der Waals surface area contributed by atoms with Crippen molar-refractivity contribution in [3.05, 3.63) is 65.2 Å². The highest BCUT2D eigenvalue weighted by Gasteiger charge is 2.03. The quantitative estimate of drug-likeness (QED) is 0.503. The number of aryl methyl sites for hydroxylation is 1. The van der Waals surface area contributed by atoms with Gasteiger partial charge in [-0.25, -0.2) is 9.59 Å². The Bertz CT molecular complexity index is 565. The number of rotatable bonds is 2. The van der Waals surface area contributed by atoms with Crippen molar-refractivity contribution in [3.8, 4) is 0 Å². The molecule has 24 heavy (non-hydrogen) atoms. The number of benzene rings is 2. The van der Waals surface area contributed by atoms with E-state index in [9.17, 15) is 9.59 Å². The van der Waals surface area contributed by atoms with Crippen molar-refractivity contribution in [2.24, 2.45) is 0 Å². The Morgan fingerprint density at radius 3 is 1.46 bits per heavy atom. The summed E-state index contributed by atoms with van der Waals surface area (Å²) in [6, 6.07) is 14.3. The van der Waals surface area contributed by atoms with Gasteiger partial charge in [-0.05, 0) is 62.2 Å². The van der Waals surface area contributed by atoms with E-state index in [2.05, 4.69) is 34.7 Å². The Labute approximate surface area is 154 Å². The minimum absolute atomic E-state index is 0.287. The Hall–Kier alpha value is -1.92. The first-order valence-electron chi connectivity index (χ1n) is 6.97. The first-order valence-corrected chi connectivity index (χ1v) is 8.37. The molecule has 4 nitrogen and oxygen atoms in total. The molecule has 0 saturated heterocycles. The molecule has 130 valence electrons. The van der Waals surface area contributed by atoms with Crippen LogP contribution >= 0.6 is 12.6 Å². The van der Waals surface area contributed by atoms with Gasteiger partial charge in [-0.1, -0.05) is 17.7 Å². The van der Waals surface area contributed by atoms with Gasteiger partial charge in [-0.3, -0.25) is 0 Å². The van der Waals surface area contributed by atoms with Crippen LogP contribution in [0.25, 0.3) is 0 Å². The zero-order valence-electron chi connectivity index (χ0n) is 14.2. The molecular weight excluding hydrogens is 344 g/mol. The minimum Gasteiger partial charge on any atom is -0.465 e. The fourth-order valence-electron chi connectivity index (χ4n) is 1.53. The van der Waals surface area contributed by atoms with Gasteiger partial charge in [0.15, 0.2) is 0 Å². The fourth-order valence-corrected chi connectivity index (χ4v) is 1.70. The molecule has 0 N–H and O–H groups in total. The van der Waals surface area contributed by atoms with Crippen molar-refractivity contribution in [1.82, 2.24) is 0 Å². The third-order valence-corrected chi connectivity index (χ3v) is 3.11. The Kier molecular flexibility index (Phi) is 11.5. The molecule has 0 heterocycles. The van der Waals surface area contributed by atoms with Gasteiger partial charge in [0.25, 0.3) is 0 Å². The molecule has 0 unspecified atom stereocenters. The van der Waals surface area contributed by atoms with E-state index in [0.29, 0.717) is 11.1 Å². The largest absolute Gasteiger partial charge is 0.465 e. The number of ether oxygens (including phenoxy) is 2. The average molecular weight is 368 g/mol. The van der Waals surface area contributed by atoms with Crippen LogP contribution in [0.2, 0.25) is 0 Å². The van der Waals surface area contributed by atoms with E-state index < -0.39 is 0 Å². The monoisotopic (exact) mass is 367 g/mol. The Balaban J connectivity index is 0.000000400. The van der Waals surface area contributed by atoms with E-state index in [4.69, 9.17) is 0 Å². The molecule has 6 heteroatoms. The van der Waals surface area contributed by atoms with Crippen LogP contribution in [0.15, 0.2) is 53.4 Å². The van der Waals surface area contributed by atoms with Crippen LogP contribution in [-0.4, -0.2) is 32.4 Å². The van der Waals surface area contributed by atoms with Crippen LogP contribution in [0, 0.1) is 6.92 Å². The maximum Gasteiger partial charge on any atom is 0.337 e. The molecular formula is C18H23O4S2+. The van der Waals surface area contributed by atoms with E-state index in [1.54, 1.807) is 42.7 Å². The number of hydrogen-bond donors (Lipinski definition) is 1. The molecule has 0 atom stereocenters. The first-order chi connectivity index (χ1) is 11.5. The zero-order chi connectivity index (χ0) is 18.5. The molecule has 2 aromatic carbocycles. The summed E-state index contributed by atoms with van der Waals surface area (Å²) in [5, 5.41) is 0. The van der Waals surface area contributed by atoms with Crippen LogP contribution in [-0.2, 0) is 22.1 Å². The van der Waals surface area contributed by atoms with Gasteiger partial charge in [0.1, 0.15) is 4.90 Å². The number of carbonyl (C=O) groups is 2. The molecule has 0 amide bonds. The first kappa shape index (κ1) is 22.1. The van der Waals surface area contributed by atoms with Gasteiger partial charge in [0, 0.05) is 0 Å². The molecule has 0 aliphatic heterocycles. The summed E-state index contributed by atoms with van der Waals surface area (Å²) in [7, 11) is 2.74. The highest BCUT2D eigenvalue weighted by molar-refractivity contribution is 7.79. The minimum atomic E-state index is -0.309. The summed E-state index contributed by atoms with van der Waals surface area (Å²) in [6.45, 7) is 1.97. The lowest BCUT2D eigenvalue weighted by atomic mass is 10.2.